The Morgan fingerprint density at radius 1 is 1.30 bits per heavy atom. The van der Waals surface area contributed by atoms with Gasteiger partial charge >= 0.3 is 0 Å². The van der Waals surface area contributed by atoms with Crippen molar-refractivity contribution in [3.05, 3.63) is 59.1 Å². The molecule has 4 nitrogen and oxygen atoms in total. The van der Waals surface area contributed by atoms with Crippen molar-refractivity contribution in [3.63, 3.8) is 0 Å². The minimum absolute atomic E-state index is 0.0175. The fraction of sp³-hybridized carbons (Fsp3) is 0.143. The molecule has 1 amide bonds. The van der Waals surface area contributed by atoms with Crippen molar-refractivity contribution in [2.75, 3.05) is 11.9 Å². The van der Waals surface area contributed by atoms with E-state index in [0.29, 0.717) is 12.2 Å². The number of benzene rings is 1. The molecule has 0 saturated heterocycles. The molecule has 1 heterocycles. The Hall–Kier alpha value is -2.14. The highest BCUT2D eigenvalue weighted by atomic mass is 35.5. The minimum atomic E-state index is -0.489. The lowest BCUT2D eigenvalue weighted by Gasteiger charge is -2.08. The van der Waals surface area contributed by atoms with Gasteiger partial charge in [-0.3, -0.25) is 9.78 Å². The average Bonchev–Trinajstić information content (AvgIpc) is 2.47. The molecule has 0 spiro atoms. The fourth-order valence-corrected chi connectivity index (χ4v) is 1.72. The molecule has 0 aliphatic rings. The van der Waals surface area contributed by atoms with Gasteiger partial charge in [-0.25, -0.2) is 4.39 Å². The molecule has 0 saturated carbocycles. The summed E-state index contributed by atoms with van der Waals surface area (Å²) in [6.45, 7) is 0.445. The van der Waals surface area contributed by atoms with Crippen LogP contribution in [-0.4, -0.2) is 17.4 Å². The van der Waals surface area contributed by atoms with Crippen LogP contribution < -0.4 is 10.6 Å². The molecule has 1 aromatic heterocycles. The van der Waals surface area contributed by atoms with E-state index in [0.717, 1.165) is 5.69 Å². The molecule has 0 bridgehead atoms. The lowest BCUT2D eigenvalue weighted by Crippen LogP contribution is -2.29. The highest BCUT2D eigenvalue weighted by molar-refractivity contribution is 6.31. The van der Waals surface area contributed by atoms with Gasteiger partial charge in [0, 0.05) is 11.9 Å². The van der Waals surface area contributed by atoms with Crippen molar-refractivity contribution in [2.45, 2.75) is 6.54 Å². The molecule has 104 valence electrons. The number of hydrogen-bond acceptors (Lipinski definition) is 3. The number of carbonyl (C=O) groups excluding carboxylic acids is 1. The second-order valence-corrected chi connectivity index (χ2v) is 4.49. The molecule has 0 unspecified atom stereocenters. The van der Waals surface area contributed by atoms with Crippen LogP contribution in [0.25, 0.3) is 0 Å². The predicted molar refractivity (Wildman–Crippen MR) is 76.0 cm³/mol. The first-order chi connectivity index (χ1) is 9.65. The van der Waals surface area contributed by atoms with Crippen LogP contribution in [0.1, 0.15) is 5.69 Å². The molecule has 2 N–H and O–H groups in total. The summed E-state index contributed by atoms with van der Waals surface area (Å²) >= 11 is 5.65. The largest absolute Gasteiger partial charge is 0.376 e. The van der Waals surface area contributed by atoms with Gasteiger partial charge in [-0.2, -0.15) is 0 Å². The van der Waals surface area contributed by atoms with E-state index in [1.807, 2.05) is 18.2 Å². The molecule has 0 atom stereocenters. The van der Waals surface area contributed by atoms with E-state index in [1.54, 1.807) is 6.20 Å². The number of pyridine rings is 1. The van der Waals surface area contributed by atoms with Crippen LogP contribution >= 0.6 is 11.6 Å². The van der Waals surface area contributed by atoms with Crippen molar-refractivity contribution in [2.24, 2.45) is 0 Å². The Labute approximate surface area is 121 Å². The fourth-order valence-electron chi connectivity index (χ4n) is 1.54. The topological polar surface area (TPSA) is 54.0 Å². The second kappa shape index (κ2) is 6.86. The van der Waals surface area contributed by atoms with Crippen LogP contribution in [0.2, 0.25) is 5.02 Å². The normalized spacial score (nSPS) is 10.1. The Balaban J connectivity index is 1.79. The number of rotatable bonds is 5. The van der Waals surface area contributed by atoms with Crippen molar-refractivity contribution in [1.82, 2.24) is 10.3 Å². The molecule has 2 aromatic rings. The van der Waals surface area contributed by atoms with Gasteiger partial charge in [0.15, 0.2) is 0 Å². The number of aromatic nitrogens is 1. The van der Waals surface area contributed by atoms with Crippen LogP contribution in [-0.2, 0) is 11.3 Å². The molecule has 0 radical (unpaired) electrons. The number of carbonyl (C=O) groups is 1. The Bertz CT molecular complexity index is 592. The quantitative estimate of drug-likeness (QED) is 0.891. The summed E-state index contributed by atoms with van der Waals surface area (Å²) in [4.78, 5) is 15.7. The first-order valence-corrected chi connectivity index (χ1v) is 6.38. The van der Waals surface area contributed by atoms with Crippen LogP contribution in [0.15, 0.2) is 42.6 Å². The summed E-state index contributed by atoms with van der Waals surface area (Å²) in [5.41, 5.74) is 1.37. The summed E-state index contributed by atoms with van der Waals surface area (Å²) in [5.74, 6) is -0.673. The zero-order valence-corrected chi connectivity index (χ0v) is 11.3. The first-order valence-electron chi connectivity index (χ1n) is 6.00. The number of halogens is 2. The van der Waals surface area contributed by atoms with E-state index < -0.39 is 5.82 Å². The molecule has 2 rings (SSSR count). The maximum atomic E-state index is 13.0. The predicted octanol–water partition coefficient (Wildman–Crippen LogP) is 2.60. The zero-order chi connectivity index (χ0) is 14.4. The van der Waals surface area contributed by atoms with Crippen molar-refractivity contribution in [1.29, 1.82) is 0 Å². The third-order valence-corrected chi connectivity index (χ3v) is 2.86. The van der Waals surface area contributed by atoms with Gasteiger partial charge in [-0.05, 0) is 30.3 Å². The van der Waals surface area contributed by atoms with Crippen LogP contribution in [0.4, 0.5) is 10.1 Å². The van der Waals surface area contributed by atoms with Gasteiger partial charge < -0.3 is 10.6 Å². The maximum absolute atomic E-state index is 13.0. The van der Waals surface area contributed by atoms with Crippen molar-refractivity contribution >= 4 is 23.2 Å². The van der Waals surface area contributed by atoms with Gasteiger partial charge in [0.2, 0.25) is 5.91 Å². The monoisotopic (exact) mass is 293 g/mol. The van der Waals surface area contributed by atoms with E-state index in [1.165, 1.54) is 18.2 Å². The second-order valence-electron chi connectivity index (χ2n) is 4.08. The SMILES string of the molecule is O=C(CNc1ccc(F)c(Cl)c1)NCc1ccccn1. The molecule has 0 fully saturated rings. The highest BCUT2D eigenvalue weighted by Crippen LogP contribution is 2.18. The molecular weight excluding hydrogens is 281 g/mol. The lowest BCUT2D eigenvalue weighted by atomic mass is 10.3. The third-order valence-electron chi connectivity index (χ3n) is 2.57. The molecule has 6 heteroatoms. The molecule has 1 aromatic carbocycles. The number of nitrogens with one attached hydrogen (secondary N) is 2. The smallest absolute Gasteiger partial charge is 0.239 e. The van der Waals surface area contributed by atoms with Crippen LogP contribution in [0, 0.1) is 5.82 Å². The Morgan fingerprint density at radius 2 is 2.15 bits per heavy atom. The van der Waals surface area contributed by atoms with Gasteiger partial charge in [-0.1, -0.05) is 17.7 Å². The van der Waals surface area contributed by atoms with E-state index >= 15 is 0 Å². The Kier molecular flexibility index (Phi) is 4.90. The number of anilines is 1. The zero-order valence-electron chi connectivity index (χ0n) is 10.6. The molecular formula is C14H13ClFN3O. The van der Waals surface area contributed by atoms with Gasteiger partial charge in [0.1, 0.15) is 5.82 Å². The van der Waals surface area contributed by atoms with Gasteiger partial charge in [0.25, 0.3) is 0 Å². The minimum Gasteiger partial charge on any atom is -0.376 e. The van der Waals surface area contributed by atoms with E-state index in [9.17, 15) is 9.18 Å². The standard InChI is InChI=1S/C14H13ClFN3O/c15-12-7-10(4-5-13(12)16)18-9-14(20)19-8-11-3-1-2-6-17-11/h1-7,18H,8-9H2,(H,19,20). The summed E-state index contributed by atoms with van der Waals surface area (Å²) in [6, 6.07) is 9.69. The number of nitrogens with zero attached hydrogens (tertiary/aromatic N) is 1. The van der Waals surface area contributed by atoms with E-state index in [-0.39, 0.29) is 17.5 Å². The summed E-state index contributed by atoms with van der Waals surface area (Å²) in [6.07, 6.45) is 1.67. The summed E-state index contributed by atoms with van der Waals surface area (Å²) in [7, 11) is 0. The van der Waals surface area contributed by atoms with Gasteiger partial charge in [-0.15, -0.1) is 0 Å². The van der Waals surface area contributed by atoms with Crippen molar-refractivity contribution < 1.29 is 9.18 Å². The maximum Gasteiger partial charge on any atom is 0.239 e. The van der Waals surface area contributed by atoms with Crippen LogP contribution in [0.5, 0.6) is 0 Å². The third kappa shape index (κ3) is 4.20. The van der Waals surface area contributed by atoms with E-state index in [2.05, 4.69) is 15.6 Å². The van der Waals surface area contributed by atoms with Crippen LogP contribution in [0.3, 0.4) is 0 Å². The lowest BCUT2D eigenvalue weighted by molar-refractivity contribution is -0.119. The molecule has 0 aliphatic heterocycles. The molecule has 0 aliphatic carbocycles. The first kappa shape index (κ1) is 14.3. The van der Waals surface area contributed by atoms with Crippen molar-refractivity contribution in [3.8, 4) is 0 Å². The van der Waals surface area contributed by atoms with Gasteiger partial charge in [0.05, 0.1) is 23.8 Å². The number of amides is 1. The number of hydrogen-bond donors (Lipinski definition) is 2. The summed E-state index contributed by atoms with van der Waals surface area (Å²) in [5, 5.41) is 5.61. The highest BCUT2D eigenvalue weighted by Gasteiger charge is 2.04. The molecule has 20 heavy (non-hydrogen) atoms. The van der Waals surface area contributed by atoms with E-state index in [4.69, 9.17) is 11.6 Å². The summed E-state index contributed by atoms with van der Waals surface area (Å²) < 4.78 is 13.0. The Morgan fingerprint density at radius 3 is 2.85 bits per heavy atom. The average molecular weight is 294 g/mol.